The Morgan fingerprint density at radius 2 is 1.86 bits per heavy atom. The van der Waals surface area contributed by atoms with Crippen LogP contribution in [0, 0.1) is 12.8 Å². The number of pyridine rings is 1. The lowest BCUT2D eigenvalue weighted by atomic mass is 10.0. The van der Waals surface area contributed by atoms with Gasteiger partial charge in [-0.05, 0) is 19.1 Å². The van der Waals surface area contributed by atoms with Crippen molar-refractivity contribution < 1.29 is 9.90 Å². The van der Waals surface area contributed by atoms with Gasteiger partial charge in [0.05, 0.1) is 22.9 Å². The van der Waals surface area contributed by atoms with Gasteiger partial charge < -0.3 is 15.7 Å². The number of aliphatic hydroxyl groups is 1. The number of para-hydroxylation sites is 1. The molecule has 0 saturated carbocycles. The Labute approximate surface area is 182 Å². The van der Waals surface area contributed by atoms with E-state index in [9.17, 15) is 9.90 Å². The van der Waals surface area contributed by atoms with Crippen LogP contribution in [0.25, 0.3) is 22.2 Å². The molecule has 2 aromatic carbocycles. The van der Waals surface area contributed by atoms with Crippen LogP contribution in [0.5, 0.6) is 0 Å². The minimum absolute atomic E-state index is 0. The van der Waals surface area contributed by atoms with E-state index in [-0.39, 0.29) is 36.6 Å². The van der Waals surface area contributed by atoms with E-state index < -0.39 is 6.10 Å². The lowest BCUT2D eigenvalue weighted by Gasteiger charge is -2.15. The molecule has 0 spiro atoms. The molecular weight excluding hydrogens is 409 g/mol. The number of benzene rings is 2. The predicted molar refractivity (Wildman–Crippen MR) is 121 cm³/mol. The molecule has 3 N–H and O–H groups in total. The molecule has 154 valence electrons. The number of amides is 1. The summed E-state index contributed by atoms with van der Waals surface area (Å²) in [6.07, 6.45) is -0.414. The summed E-state index contributed by atoms with van der Waals surface area (Å²) in [6.45, 7) is 3.79. The summed E-state index contributed by atoms with van der Waals surface area (Å²) in [5, 5.41) is 16.9. The van der Waals surface area contributed by atoms with Crippen LogP contribution >= 0.6 is 24.8 Å². The van der Waals surface area contributed by atoms with Gasteiger partial charge in [0.15, 0.2) is 0 Å². The van der Waals surface area contributed by atoms with Crippen LogP contribution in [0.4, 0.5) is 0 Å². The largest absolute Gasteiger partial charge is 0.391 e. The van der Waals surface area contributed by atoms with Gasteiger partial charge in [-0.1, -0.05) is 48.0 Å². The summed E-state index contributed by atoms with van der Waals surface area (Å²) >= 11 is 0. The number of carbonyl (C=O) groups is 1. The number of rotatable bonds is 4. The topological polar surface area (TPSA) is 74.2 Å². The third-order valence-corrected chi connectivity index (χ3v) is 5.14. The maximum atomic E-state index is 12.9. The van der Waals surface area contributed by atoms with E-state index in [4.69, 9.17) is 4.98 Å². The van der Waals surface area contributed by atoms with E-state index in [2.05, 4.69) is 10.6 Å². The molecule has 0 radical (unpaired) electrons. The minimum atomic E-state index is -0.414. The van der Waals surface area contributed by atoms with Gasteiger partial charge >= 0.3 is 0 Å². The van der Waals surface area contributed by atoms with E-state index in [0.29, 0.717) is 25.2 Å². The molecular formula is C22H25Cl2N3O2. The molecule has 7 heteroatoms. The zero-order valence-electron chi connectivity index (χ0n) is 16.1. The Morgan fingerprint density at radius 3 is 2.55 bits per heavy atom. The first-order valence-electron chi connectivity index (χ1n) is 9.25. The molecule has 1 fully saturated rings. The molecule has 4 rings (SSSR count). The molecule has 1 aromatic heterocycles. The van der Waals surface area contributed by atoms with Gasteiger partial charge in [0, 0.05) is 36.5 Å². The average Bonchev–Trinajstić information content (AvgIpc) is 3.10. The summed E-state index contributed by atoms with van der Waals surface area (Å²) in [7, 11) is 0. The second kappa shape index (κ2) is 10.0. The van der Waals surface area contributed by atoms with Gasteiger partial charge in [0.2, 0.25) is 0 Å². The number of aliphatic hydroxyl groups excluding tert-OH is 1. The van der Waals surface area contributed by atoms with Crippen LogP contribution in [0.1, 0.15) is 15.9 Å². The number of fused-ring (bicyclic) bond motifs is 1. The zero-order chi connectivity index (χ0) is 18.8. The van der Waals surface area contributed by atoms with Crippen molar-refractivity contribution in [3.05, 3.63) is 65.7 Å². The van der Waals surface area contributed by atoms with Crippen LogP contribution in [0.3, 0.4) is 0 Å². The van der Waals surface area contributed by atoms with Crippen molar-refractivity contribution in [3.63, 3.8) is 0 Å². The number of nitrogens with zero attached hydrogens (tertiary/aromatic N) is 1. The highest BCUT2D eigenvalue weighted by Gasteiger charge is 2.25. The van der Waals surface area contributed by atoms with Crippen LogP contribution in [0.15, 0.2) is 54.6 Å². The Bertz CT molecular complexity index is 979. The van der Waals surface area contributed by atoms with Gasteiger partial charge in [0.25, 0.3) is 5.91 Å². The van der Waals surface area contributed by atoms with Crippen LogP contribution < -0.4 is 10.6 Å². The number of β-amino-alcohol motifs (C(OH)–C–C–N with tert-alkyl or cyclic N) is 1. The van der Waals surface area contributed by atoms with Gasteiger partial charge in [0.1, 0.15) is 0 Å². The van der Waals surface area contributed by atoms with E-state index >= 15 is 0 Å². The molecule has 2 heterocycles. The van der Waals surface area contributed by atoms with Gasteiger partial charge in [-0.3, -0.25) is 4.79 Å². The van der Waals surface area contributed by atoms with Crippen LogP contribution in [-0.4, -0.2) is 41.7 Å². The minimum Gasteiger partial charge on any atom is -0.391 e. The normalized spacial score (nSPS) is 18.0. The van der Waals surface area contributed by atoms with Crippen molar-refractivity contribution in [2.24, 2.45) is 5.92 Å². The number of nitrogens with one attached hydrogen (secondary N) is 2. The summed E-state index contributed by atoms with van der Waals surface area (Å²) < 4.78 is 0. The first kappa shape index (κ1) is 23.1. The first-order chi connectivity index (χ1) is 13.1. The highest BCUT2D eigenvalue weighted by molar-refractivity contribution is 6.07. The quantitative estimate of drug-likeness (QED) is 0.589. The van der Waals surface area contributed by atoms with Crippen molar-refractivity contribution in [1.82, 2.24) is 15.6 Å². The van der Waals surface area contributed by atoms with Crippen molar-refractivity contribution in [2.45, 2.75) is 13.0 Å². The maximum Gasteiger partial charge on any atom is 0.252 e. The third kappa shape index (κ3) is 5.06. The second-order valence-corrected chi connectivity index (χ2v) is 7.13. The zero-order valence-corrected chi connectivity index (χ0v) is 17.7. The summed E-state index contributed by atoms with van der Waals surface area (Å²) in [4.78, 5) is 17.7. The fraction of sp³-hybridized carbons (Fsp3) is 0.273. The lowest BCUT2D eigenvalue weighted by molar-refractivity contribution is 0.0928. The van der Waals surface area contributed by atoms with Crippen LogP contribution in [-0.2, 0) is 0 Å². The highest BCUT2D eigenvalue weighted by Crippen LogP contribution is 2.25. The Kier molecular flexibility index (Phi) is 7.99. The SMILES string of the molecule is Cc1ccc(-c2cc(C(=O)NCC3CNCC3O)c3ccccc3n2)cc1.Cl.Cl. The molecule has 0 bridgehead atoms. The molecule has 0 aliphatic carbocycles. The number of aromatic nitrogens is 1. The van der Waals surface area contributed by atoms with Gasteiger partial charge in [-0.2, -0.15) is 0 Å². The van der Waals surface area contributed by atoms with E-state index in [0.717, 1.165) is 22.2 Å². The smallest absolute Gasteiger partial charge is 0.252 e. The standard InChI is InChI=1S/C22H23N3O2.2ClH/c1-14-6-8-15(9-7-14)20-10-18(17-4-2-3-5-19(17)25-20)22(27)24-12-16-11-23-13-21(16)26;;/h2-10,16,21,23,26H,11-13H2,1H3,(H,24,27);2*1H. The number of hydrogen-bond acceptors (Lipinski definition) is 4. The maximum absolute atomic E-state index is 12.9. The number of aryl methyl sites for hydroxylation is 1. The van der Waals surface area contributed by atoms with E-state index in [1.165, 1.54) is 5.56 Å². The first-order valence-corrected chi connectivity index (χ1v) is 9.25. The summed E-state index contributed by atoms with van der Waals surface area (Å²) in [5.41, 5.74) is 4.35. The molecule has 2 atom stereocenters. The number of carbonyl (C=O) groups excluding carboxylic acids is 1. The molecule has 1 aliphatic rings. The van der Waals surface area contributed by atoms with Gasteiger partial charge in [-0.15, -0.1) is 24.8 Å². The van der Waals surface area contributed by atoms with E-state index in [1.807, 2.05) is 61.5 Å². The second-order valence-electron chi connectivity index (χ2n) is 7.13. The Hall–Kier alpha value is -2.18. The molecule has 1 amide bonds. The number of halogens is 2. The molecule has 5 nitrogen and oxygen atoms in total. The molecule has 29 heavy (non-hydrogen) atoms. The van der Waals surface area contributed by atoms with Crippen LogP contribution in [0.2, 0.25) is 0 Å². The van der Waals surface area contributed by atoms with Crippen molar-refractivity contribution in [3.8, 4) is 11.3 Å². The third-order valence-electron chi connectivity index (χ3n) is 5.14. The molecule has 1 aliphatic heterocycles. The predicted octanol–water partition coefficient (Wildman–Crippen LogP) is 3.36. The summed E-state index contributed by atoms with van der Waals surface area (Å²) in [5.74, 6) is -0.0975. The fourth-order valence-electron chi connectivity index (χ4n) is 3.48. The Morgan fingerprint density at radius 1 is 1.14 bits per heavy atom. The monoisotopic (exact) mass is 433 g/mol. The number of hydrogen-bond donors (Lipinski definition) is 3. The fourth-order valence-corrected chi connectivity index (χ4v) is 3.48. The lowest BCUT2D eigenvalue weighted by Crippen LogP contribution is -2.34. The van der Waals surface area contributed by atoms with Crippen molar-refractivity contribution in [2.75, 3.05) is 19.6 Å². The summed E-state index contributed by atoms with van der Waals surface area (Å²) in [6, 6.07) is 17.7. The average molecular weight is 434 g/mol. The van der Waals surface area contributed by atoms with Gasteiger partial charge in [-0.25, -0.2) is 4.98 Å². The van der Waals surface area contributed by atoms with E-state index in [1.54, 1.807) is 0 Å². The molecule has 2 unspecified atom stereocenters. The molecule has 3 aromatic rings. The molecule has 1 saturated heterocycles. The highest BCUT2D eigenvalue weighted by atomic mass is 35.5. The van der Waals surface area contributed by atoms with Crippen molar-refractivity contribution >= 4 is 41.6 Å². The Balaban J connectivity index is 0.00000150. The van der Waals surface area contributed by atoms with Crippen molar-refractivity contribution in [1.29, 1.82) is 0 Å².